The molecule has 1 aliphatic heterocycles. The van der Waals surface area contributed by atoms with Crippen molar-refractivity contribution in [1.29, 1.82) is 5.26 Å². The molecule has 1 saturated heterocycles. The summed E-state index contributed by atoms with van der Waals surface area (Å²) in [6.07, 6.45) is 1.33. The van der Waals surface area contributed by atoms with E-state index in [1.807, 2.05) is 0 Å². The first kappa shape index (κ1) is 8.91. The van der Waals surface area contributed by atoms with Gasteiger partial charge in [-0.1, -0.05) is 0 Å². The van der Waals surface area contributed by atoms with Gasteiger partial charge in [-0.15, -0.1) is 0 Å². The Bertz CT molecular complexity index is 374. The van der Waals surface area contributed by atoms with Crippen LogP contribution in [-0.4, -0.2) is 31.5 Å². The van der Waals surface area contributed by atoms with Gasteiger partial charge >= 0.3 is 0 Å². The van der Waals surface area contributed by atoms with Gasteiger partial charge in [-0.05, 0) is 0 Å². The zero-order chi connectivity index (χ0) is 9.24. The van der Waals surface area contributed by atoms with Gasteiger partial charge in [0.2, 0.25) is 6.08 Å². The molecular weight excluding hydrogens is 180 g/mol. The molecule has 1 fully saturated rings. The van der Waals surface area contributed by atoms with E-state index >= 15 is 0 Å². The predicted octanol–water partition coefficient (Wildman–Crippen LogP) is -0.597. The molecule has 0 aromatic carbocycles. The van der Waals surface area contributed by atoms with Crippen molar-refractivity contribution >= 4 is 15.9 Å². The lowest BCUT2D eigenvalue weighted by atomic mass is 10.0. The summed E-state index contributed by atoms with van der Waals surface area (Å²) in [5, 5.41) is 8.59. The first-order valence-corrected chi connectivity index (χ1v) is 5.06. The van der Waals surface area contributed by atoms with Crippen molar-refractivity contribution in [1.82, 2.24) is 0 Å². The first-order valence-electron chi connectivity index (χ1n) is 3.24. The maximum Gasteiger partial charge on any atom is 0.236 e. The van der Waals surface area contributed by atoms with E-state index in [0.717, 1.165) is 0 Å². The second-order valence-corrected chi connectivity index (χ2v) is 4.87. The van der Waals surface area contributed by atoms with Crippen LogP contribution >= 0.6 is 0 Å². The van der Waals surface area contributed by atoms with E-state index in [-0.39, 0.29) is 17.9 Å². The summed E-state index contributed by atoms with van der Waals surface area (Å²) < 4.78 is 21.9. The zero-order valence-corrected chi connectivity index (χ0v) is 6.97. The third kappa shape index (κ3) is 1.52. The van der Waals surface area contributed by atoms with Crippen LogP contribution in [0.5, 0.6) is 0 Å². The third-order valence-corrected chi connectivity index (χ3v) is 3.50. The molecular formula is C6H6N2O3S. The minimum Gasteiger partial charge on any atom is -0.229 e. The van der Waals surface area contributed by atoms with Crippen LogP contribution in [0.15, 0.2) is 4.99 Å². The van der Waals surface area contributed by atoms with E-state index < -0.39 is 15.4 Å². The van der Waals surface area contributed by atoms with Crippen molar-refractivity contribution in [2.24, 2.45) is 4.99 Å². The number of nitriles is 1. The number of nitrogens with zero attached hydrogens (tertiary/aromatic N) is 2. The first-order chi connectivity index (χ1) is 5.54. The Balaban J connectivity index is 3.05. The lowest BCUT2D eigenvalue weighted by Crippen LogP contribution is -2.25. The molecule has 0 amide bonds. The van der Waals surface area contributed by atoms with Gasteiger partial charge in [-0.25, -0.2) is 13.2 Å². The maximum absolute atomic E-state index is 10.9. The average molecular weight is 186 g/mol. The molecule has 5 nitrogen and oxygen atoms in total. The lowest BCUT2D eigenvalue weighted by Gasteiger charge is -2.07. The normalized spacial score (nSPS) is 31.9. The quantitative estimate of drug-likeness (QED) is 0.404. The molecule has 1 rings (SSSR count). The molecule has 64 valence electrons. The van der Waals surface area contributed by atoms with E-state index in [4.69, 9.17) is 5.26 Å². The molecule has 0 N–H and O–H groups in total. The summed E-state index contributed by atoms with van der Waals surface area (Å²) in [5.74, 6) is -0.433. The lowest BCUT2D eigenvalue weighted by molar-refractivity contribution is 0.544. The van der Waals surface area contributed by atoms with Gasteiger partial charge < -0.3 is 0 Å². The summed E-state index contributed by atoms with van der Waals surface area (Å²) in [6, 6.07) is 1.73. The molecule has 1 atom stereocenters. The van der Waals surface area contributed by atoms with Gasteiger partial charge in [0, 0.05) is 6.42 Å². The molecule has 0 bridgehead atoms. The van der Waals surface area contributed by atoms with Gasteiger partial charge in [0.05, 0.1) is 17.6 Å². The zero-order valence-electron chi connectivity index (χ0n) is 6.15. The number of sulfone groups is 1. The maximum atomic E-state index is 10.9. The Morgan fingerprint density at radius 3 is 2.50 bits per heavy atom. The molecule has 0 aromatic heterocycles. The Kier molecular flexibility index (Phi) is 2.01. The number of carbonyl (C=O) groups excluding carboxylic acids is 1. The Morgan fingerprint density at radius 1 is 1.50 bits per heavy atom. The number of isocyanates is 1. The van der Waals surface area contributed by atoms with E-state index in [1.54, 1.807) is 6.07 Å². The Labute approximate surface area is 69.6 Å². The Hall–Kier alpha value is -1.18. The van der Waals surface area contributed by atoms with Crippen LogP contribution in [0, 0.1) is 11.3 Å². The molecule has 0 aliphatic carbocycles. The second kappa shape index (κ2) is 2.70. The topological polar surface area (TPSA) is 87.4 Å². The van der Waals surface area contributed by atoms with Crippen molar-refractivity contribution < 1.29 is 13.2 Å². The predicted molar refractivity (Wildman–Crippen MR) is 39.7 cm³/mol. The molecule has 0 aromatic rings. The van der Waals surface area contributed by atoms with E-state index in [2.05, 4.69) is 4.99 Å². The van der Waals surface area contributed by atoms with Crippen molar-refractivity contribution in [2.75, 3.05) is 11.5 Å². The molecule has 0 radical (unpaired) electrons. The molecule has 1 unspecified atom stereocenters. The summed E-state index contributed by atoms with van der Waals surface area (Å²) in [5.41, 5.74) is -1.36. The molecule has 0 saturated carbocycles. The van der Waals surface area contributed by atoms with Crippen LogP contribution in [0.25, 0.3) is 0 Å². The van der Waals surface area contributed by atoms with E-state index in [1.165, 1.54) is 6.08 Å². The fourth-order valence-electron chi connectivity index (χ4n) is 1.12. The van der Waals surface area contributed by atoms with Crippen LogP contribution in [0.3, 0.4) is 0 Å². The van der Waals surface area contributed by atoms with Gasteiger partial charge in [-0.3, -0.25) is 0 Å². The van der Waals surface area contributed by atoms with Gasteiger partial charge in [0.25, 0.3) is 0 Å². The van der Waals surface area contributed by atoms with Gasteiger partial charge in [0.1, 0.15) is 0 Å². The number of hydrogen-bond acceptors (Lipinski definition) is 5. The van der Waals surface area contributed by atoms with Crippen molar-refractivity contribution in [3.63, 3.8) is 0 Å². The average Bonchev–Trinajstić information content (AvgIpc) is 2.29. The fraction of sp³-hybridized carbons (Fsp3) is 0.667. The van der Waals surface area contributed by atoms with Crippen LogP contribution in [0.1, 0.15) is 6.42 Å². The highest BCUT2D eigenvalue weighted by atomic mass is 32.2. The summed E-state index contributed by atoms with van der Waals surface area (Å²) in [4.78, 5) is 13.1. The SMILES string of the molecule is N#CC1(N=C=O)CCS(=O)(=O)C1. The summed E-state index contributed by atoms with van der Waals surface area (Å²) >= 11 is 0. The third-order valence-electron chi connectivity index (χ3n) is 1.75. The number of rotatable bonds is 1. The summed E-state index contributed by atoms with van der Waals surface area (Å²) in [6.45, 7) is 0. The molecule has 1 heterocycles. The van der Waals surface area contributed by atoms with Crippen LogP contribution in [0.2, 0.25) is 0 Å². The molecule has 0 spiro atoms. The number of aliphatic imine (C=N–C) groups is 1. The van der Waals surface area contributed by atoms with Crippen molar-refractivity contribution in [2.45, 2.75) is 12.0 Å². The second-order valence-electron chi connectivity index (χ2n) is 2.69. The fourth-order valence-corrected chi connectivity index (χ4v) is 2.92. The highest BCUT2D eigenvalue weighted by molar-refractivity contribution is 7.91. The van der Waals surface area contributed by atoms with Crippen LogP contribution in [-0.2, 0) is 14.6 Å². The highest BCUT2D eigenvalue weighted by Crippen LogP contribution is 2.25. The van der Waals surface area contributed by atoms with Gasteiger partial charge in [-0.2, -0.15) is 10.3 Å². The Morgan fingerprint density at radius 2 is 2.17 bits per heavy atom. The minimum atomic E-state index is -3.18. The standard InChI is InChI=1S/C6H6N2O3S/c7-3-6(8-5-9)1-2-12(10,11)4-6/h1-2,4H2. The molecule has 6 heteroatoms. The minimum absolute atomic E-state index is 0.0776. The van der Waals surface area contributed by atoms with Crippen molar-refractivity contribution in [3.8, 4) is 6.07 Å². The van der Waals surface area contributed by atoms with Crippen molar-refractivity contribution in [3.05, 3.63) is 0 Å². The van der Waals surface area contributed by atoms with Crippen LogP contribution in [0.4, 0.5) is 0 Å². The summed E-state index contributed by atoms with van der Waals surface area (Å²) in [7, 11) is -3.18. The highest BCUT2D eigenvalue weighted by Gasteiger charge is 2.42. The molecule has 1 aliphatic rings. The largest absolute Gasteiger partial charge is 0.236 e. The van der Waals surface area contributed by atoms with Gasteiger partial charge in [0.15, 0.2) is 15.4 Å². The van der Waals surface area contributed by atoms with Crippen LogP contribution < -0.4 is 0 Å². The van der Waals surface area contributed by atoms with E-state index in [9.17, 15) is 13.2 Å². The molecule has 12 heavy (non-hydrogen) atoms. The number of hydrogen-bond donors (Lipinski definition) is 0. The monoisotopic (exact) mass is 186 g/mol. The smallest absolute Gasteiger partial charge is 0.229 e. The van der Waals surface area contributed by atoms with E-state index in [0.29, 0.717) is 0 Å².